The van der Waals surface area contributed by atoms with Gasteiger partial charge in [-0.3, -0.25) is 9.48 Å². The molecule has 0 aliphatic carbocycles. The summed E-state index contributed by atoms with van der Waals surface area (Å²) in [6, 6.07) is 0. The van der Waals surface area contributed by atoms with Gasteiger partial charge in [-0.1, -0.05) is 11.6 Å². The van der Waals surface area contributed by atoms with E-state index in [0.717, 1.165) is 11.4 Å². The van der Waals surface area contributed by atoms with Gasteiger partial charge in [-0.2, -0.15) is 5.10 Å². The summed E-state index contributed by atoms with van der Waals surface area (Å²) in [7, 11) is 1.53. The van der Waals surface area contributed by atoms with Gasteiger partial charge in [0.2, 0.25) is 0 Å². The summed E-state index contributed by atoms with van der Waals surface area (Å²) in [4.78, 5) is 12.1. The first-order valence-corrected chi connectivity index (χ1v) is 6.01. The quantitative estimate of drug-likeness (QED) is 0.815. The molecule has 5 heteroatoms. The predicted octanol–water partition coefficient (Wildman–Crippen LogP) is 2.40. The van der Waals surface area contributed by atoms with Crippen molar-refractivity contribution >= 4 is 17.4 Å². The van der Waals surface area contributed by atoms with Gasteiger partial charge in [-0.15, -0.1) is 0 Å². The van der Waals surface area contributed by atoms with Crippen molar-refractivity contribution in [2.75, 3.05) is 7.11 Å². The Bertz CT molecular complexity index is 424. The van der Waals surface area contributed by atoms with Crippen molar-refractivity contribution in [1.82, 2.24) is 9.78 Å². The molecule has 0 N–H and O–H groups in total. The van der Waals surface area contributed by atoms with Crippen molar-refractivity contribution in [2.45, 2.75) is 46.3 Å². The molecular weight excluding hydrogens is 240 g/mol. The zero-order valence-corrected chi connectivity index (χ0v) is 11.8. The lowest BCUT2D eigenvalue weighted by atomic mass is 9.99. The molecule has 17 heavy (non-hydrogen) atoms. The minimum Gasteiger partial charge on any atom is -0.371 e. The van der Waals surface area contributed by atoms with E-state index in [1.807, 2.05) is 13.8 Å². The van der Waals surface area contributed by atoms with Gasteiger partial charge in [0.15, 0.2) is 5.78 Å². The molecular formula is C12H19ClN2O2. The second-order valence-corrected chi connectivity index (χ2v) is 4.85. The fourth-order valence-electron chi connectivity index (χ4n) is 1.52. The molecule has 1 aromatic rings. The average Bonchev–Trinajstić information content (AvgIpc) is 2.56. The first kappa shape index (κ1) is 14.2. The highest BCUT2D eigenvalue weighted by atomic mass is 35.5. The van der Waals surface area contributed by atoms with E-state index in [-0.39, 0.29) is 12.2 Å². The minimum atomic E-state index is -0.792. The lowest BCUT2D eigenvalue weighted by Gasteiger charge is -2.21. The largest absolute Gasteiger partial charge is 0.371 e. The Labute approximate surface area is 107 Å². The number of carbonyl (C=O) groups is 1. The number of aromatic nitrogens is 2. The zero-order valence-electron chi connectivity index (χ0n) is 11.0. The Morgan fingerprint density at radius 1 is 1.53 bits per heavy atom. The molecule has 0 atom stereocenters. The summed E-state index contributed by atoms with van der Waals surface area (Å²) >= 11 is 6.15. The third-order valence-corrected chi connectivity index (χ3v) is 3.45. The molecule has 0 aliphatic rings. The van der Waals surface area contributed by atoms with Gasteiger partial charge in [0.1, 0.15) is 5.60 Å². The highest BCUT2D eigenvalue weighted by molar-refractivity contribution is 6.32. The van der Waals surface area contributed by atoms with Crippen molar-refractivity contribution in [3.05, 3.63) is 16.4 Å². The van der Waals surface area contributed by atoms with E-state index < -0.39 is 5.60 Å². The van der Waals surface area contributed by atoms with Gasteiger partial charge in [-0.25, -0.2) is 0 Å². The predicted molar refractivity (Wildman–Crippen MR) is 67.4 cm³/mol. The highest BCUT2D eigenvalue weighted by Crippen LogP contribution is 2.23. The topological polar surface area (TPSA) is 44.1 Å². The summed E-state index contributed by atoms with van der Waals surface area (Å²) in [5.41, 5.74) is 0.730. The first-order chi connectivity index (χ1) is 7.83. The van der Waals surface area contributed by atoms with Crippen molar-refractivity contribution in [1.29, 1.82) is 0 Å². The van der Waals surface area contributed by atoms with Gasteiger partial charge >= 0.3 is 0 Å². The maximum absolute atomic E-state index is 12.1. The number of ketones is 1. The molecule has 1 heterocycles. The van der Waals surface area contributed by atoms with Crippen LogP contribution in [0.3, 0.4) is 0 Å². The number of ether oxygens (including phenoxy) is 1. The molecule has 0 saturated heterocycles. The maximum atomic E-state index is 12.1. The van der Waals surface area contributed by atoms with Crippen LogP contribution in [0.15, 0.2) is 0 Å². The summed E-state index contributed by atoms with van der Waals surface area (Å²) < 4.78 is 6.93. The molecule has 0 radical (unpaired) electrons. The van der Waals surface area contributed by atoms with Gasteiger partial charge in [0, 0.05) is 13.7 Å². The summed E-state index contributed by atoms with van der Waals surface area (Å²) in [6.45, 7) is 8.01. The van der Waals surface area contributed by atoms with Gasteiger partial charge in [-0.05, 0) is 27.7 Å². The molecule has 0 amide bonds. The van der Waals surface area contributed by atoms with Crippen LogP contribution in [-0.4, -0.2) is 28.3 Å². The average molecular weight is 259 g/mol. The van der Waals surface area contributed by atoms with E-state index in [1.54, 1.807) is 18.5 Å². The Morgan fingerprint density at radius 2 is 2.12 bits per heavy atom. The van der Waals surface area contributed by atoms with E-state index >= 15 is 0 Å². The molecule has 1 rings (SSSR count). The molecule has 0 spiro atoms. The van der Waals surface area contributed by atoms with Gasteiger partial charge in [0.25, 0.3) is 0 Å². The van der Waals surface area contributed by atoms with Crippen molar-refractivity contribution in [3.63, 3.8) is 0 Å². The Morgan fingerprint density at radius 3 is 2.59 bits per heavy atom. The van der Waals surface area contributed by atoms with Crippen LogP contribution in [0.1, 0.15) is 32.2 Å². The molecule has 0 unspecified atom stereocenters. The molecule has 4 nitrogen and oxygen atoms in total. The van der Waals surface area contributed by atoms with E-state index in [9.17, 15) is 4.79 Å². The van der Waals surface area contributed by atoms with Crippen molar-refractivity contribution in [2.24, 2.45) is 0 Å². The second kappa shape index (κ2) is 5.19. The van der Waals surface area contributed by atoms with Crippen LogP contribution < -0.4 is 0 Å². The lowest BCUT2D eigenvalue weighted by Crippen LogP contribution is -2.35. The lowest BCUT2D eigenvalue weighted by molar-refractivity contribution is -0.136. The SMILES string of the molecule is CCn1nc(C)c(Cl)c1CC(=O)C(C)(C)OC. The van der Waals surface area contributed by atoms with Crippen molar-refractivity contribution in [3.8, 4) is 0 Å². The Kier molecular flexibility index (Phi) is 4.33. The fraction of sp³-hybridized carbons (Fsp3) is 0.667. The fourth-order valence-corrected chi connectivity index (χ4v) is 1.72. The number of nitrogens with zero attached hydrogens (tertiary/aromatic N) is 2. The Hall–Kier alpha value is -0.870. The summed E-state index contributed by atoms with van der Waals surface area (Å²) in [6.07, 6.45) is 0.244. The van der Waals surface area contributed by atoms with Crippen LogP contribution in [0, 0.1) is 6.92 Å². The van der Waals surface area contributed by atoms with Crippen molar-refractivity contribution < 1.29 is 9.53 Å². The van der Waals surface area contributed by atoms with E-state index in [4.69, 9.17) is 16.3 Å². The standard InChI is InChI=1S/C12H19ClN2O2/c1-6-15-9(11(13)8(2)14-15)7-10(16)12(3,4)17-5/h6-7H2,1-5H3. The third-order valence-electron chi connectivity index (χ3n) is 2.96. The molecule has 1 aromatic heterocycles. The van der Waals surface area contributed by atoms with E-state index in [1.165, 1.54) is 7.11 Å². The third kappa shape index (κ3) is 2.87. The second-order valence-electron chi connectivity index (χ2n) is 4.48. The first-order valence-electron chi connectivity index (χ1n) is 5.63. The van der Waals surface area contributed by atoms with Crippen LogP contribution >= 0.6 is 11.6 Å². The minimum absolute atomic E-state index is 0.00324. The number of Topliss-reactive ketones (excluding diaryl/α,β-unsaturated/α-hetero) is 1. The van der Waals surface area contributed by atoms with Gasteiger partial charge in [0.05, 0.1) is 22.8 Å². The van der Waals surface area contributed by atoms with Crippen LogP contribution in [0.5, 0.6) is 0 Å². The normalized spacial score (nSPS) is 11.9. The van der Waals surface area contributed by atoms with Crippen LogP contribution in [0.4, 0.5) is 0 Å². The van der Waals surface area contributed by atoms with E-state index in [0.29, 0.717) is 11.6 Å². The molecule has 0 aliphatic heterocycles. The molecule has 0 saturated carbocycles. The number of hydrogen-bond acceptors (Lipinski definition) is 3. The van der Waals surface area contributed by atoms with Gasteiger partial charge < -0.3 is 4.74 Å². The van der Waals surface area contributed by atoms with Crippen LogP contribution in [0.2, 0.25) is 5.02 Å². The maximum Gasteiger partial charge on any atom is 0.169 e. The molecule has 0 bridgehead atoms. The zero-order chi connectivity index (χ0) is 13.2. The Balaban J connectivity index is 2.99. The molecule has 96 valence electrons. The number of methoxy groups -OCH3 is 1. The van der Waals surface area contributed by atoms with Crippen LogP contribution in [0.25, 0.3) is 0 Å². The van der Waals surface area contributed by atoms with E-state index in [2.05, 4.69) is 5.10 Å². The summed E-state index contributed by atoms with van der Waals surface area (Å²) in [5.74, 6) is -0.00324. The number of carbonyl (C=O) groups excluding carboxylic acids is 1. The summed E-state index contributed by atoms with van der Waals surface area (Å²) in [5, 5.41) is 4.86. The highest BCUT2D eigenvalue weighted by Gasteiger charge is 2.29. The molecule has 0 aromatic carbocycles. The molecule has 0 fully saturated rings. The number of hydrogen-bond donors (Lipinski definition) is 0. The number of halogens is 1. The van der Waals surface area contributed by atoms with Crippen LogP contribution in [-0.2, 0) is 22.5 Å². The number of aryl methyl sites for hydroxylation is 2. The smallest absolute Gasteiger partial charge is 0.169 e. The monoisotopic (exact) mass is 258 g/mol. The number of rotatable bonds is 5.